The maximum absolute atomic E-state index is 12.8. The Morgan fingerprint density at radius 2 is 1.85 bits per heavy atom. The second-order valence-corrected chi connectivity index (χ2v) is 7.36. The first-order valence-corrected chi connectivity index (χ1v) is 9.70. The Labute approximate surface area is 165 Å². The second-order valence-electron chi connectivity index (χ2n) is 6.44. The molecule has 1 saturated heterocycles. The normalized spacial score (nSPS) is 14.9. The molecule has 6 nitrogen and oxygen atoms in total. The van der Waals surface area contributed by atoms with Gasteiger partial charge in [-0.2, -0.15) is 0 Å². The monoisotopic (exact) mass is 426 g/mol. The molecule has 1 amide bonds. The number of nitrogens with zero attached hydrogens (tertiary/aromatic N) is 3. The molecule has 1 N–H and O–H groups in total. The van der Waals surface area contributed by atoms with E-state index in [2.05, 4.69) is 36.3 Å². The quantitative estimate of drug-likeness (QED) is 0.668. The fourth-order valence-electron chi connectivity index (χ4n) is 3.16. The van der Waals surface area contributed by atoms with Crippen LogP contribution in [0.2, 0.25) is 0 Å². The summed E-state index contributed by atoms with van der Waals surface area (Å²) in [6.07, 6.45) is 2.25. The molecule has 1 fully saturated rings. The van der Waals surface area contributed by atoms with Crippen LogP contribution in [0.5, 0.6) is 0 Å². The van der Waals surface area contributed by atoms with E-state index in [9.17, 15) is 4.79 Å². The molecule has 27 heavy (non-hydrogen) atoms. The van der Waals surface area contributed by atoms with Crippen LogP contribution in [0.3, 0.4) is 0 Å². The van der Waals surface area contributed by atoms with Gasteiger partial charge in [-0.15, -0.1) is 5.10 Å². The van der Waals surface area contributed by atoms with Gasteiger partial charge in [0.25, 0.3) is 5.91 Å². The number of carbonyl (C=O) groups excluding carboxylic acids is 1. The third-order valence-electron chi connectivity index (χ3n) is 4.55. The van der Waals surface area contributed by atoms with Crippen molar-refractivity contribution >= 4 is 27.9 Å². The van der Waals surface area contributed by atoms with Crippen LogP contribution in [-0.4, -0.2) is 29.2 Å². The molecular formula is C20H19BrN4O2. The minimum atomic E-state index is -0.512. The van der Waals surface area contributed by atoms with E-state index in [1.165, 1.54) is 0 Å². The summed E-state index contributed by atoms with van der Waals surface area (Å²) in [6, 6.07) is 16.9. The van der Waals surface area contributed by atoms with E-state index in [0.717, 1.165) is 36.0 Å². The number of hydrogen-bond donors (Lipinski definition) is 1. The summed E-state index contributed by atoms with van der Waals surface area (Å²) in [4.78, 5) is 14.9. The molecule has 0 saturated carbocycles. The third-order valence-corrected chi connectivity index (χ3v) is 5.04. The van der Waals surface area contributed by atoms with Crippen molar-refractivity contribution in [3.63, 3.8) is 0 Å². The molecule has 0 bridgehead atoms. The van der Waals surface area contributed by atoms with Gasteiger partial charge < -0.3 is 14.6 Å². The van der Waals surface area contributed by atoms with Crippen molar-refractivity contribution in [1.29, 1.82) is 0 Å². The smallest absolute Gasteiger partial charge is 0.318 e. The van der Waals surface area contributed by atoms with Gasteiger partial charge in [0.1, 0.15) is 6.04 Å². The van der Waals surface area contributed by atoms with Crippen molar-refractivity contribution in [2.24, 2.45) is 0 Å². The van der Waals surface area contributed by atoms with Gasteiger partial charge in [0.2, 0.25) is 5.89 Å². The molecular weight excluding hydrogens is 408 g/mol. The Balaban J connectivity index is 1.62. The van der Waals surface area contributed by atoms with Crippen molar-refractivity contribution in [2.45, 2.75) is 18.9 Å². The van der Waals surface area contributed by atoms with Gasteiger partial charge in [-0.1, -0.05) is 57.4 Å². The lowest BCUT2D eigenvalue weighted by Gasteiger charge is -2.16. The number of amides is 1. The van der Waals surface area contributed by atoms with Gasteiger partial charge in [0.15, 0.2) is 0 Å². The molecule has 0 spiro atoms. The SMILES string of the molecule is O=C(NC(c1ccccc1)c1nnc(N2CCCC2)o1)c1cccc(Br)c1. The van der Waals surface area contributed by atoms with Crippen LogP contribution in [0.1, 0.15) is 40.7 Å². The number of aromatic nitrogens is 2. The Morgan fingerprint density at radius 1 is 1.07 bits per heavy atom. The van der Waals surface area contributed by atoms with Crippen molar-refractivity contribution in [3.8, 4) is 0 Å². The molecule has 1 aliphatic heterocycles. The van der Waals surface area contributed by atoms with E-state index in [-0.39, 0.29) is 5.91 Å². The van der Waals surface area contributed by atoms with Gasteiger partial charge in [-0.05, 0) is 36.6 Å². The van der Waals surface area contributed by atoms with Crippen LogP contribution < -0.4 is 10.2 Å². The first-order valence-electron chi connectivity index (χ1n) is 8.90. The molecule has 4 rings (SSSR count). The van der Waals surface area contributed by atoms with Crippen LogP contribution in [0, 0.1) is 0 Å². The average Bonchev–Trinajstić information content (AvgIpc) is 3.38. The second kappa shape index (κ2) is 7.92. The molecule has 138 valence electrons. The lowest BCUT2D eigenvalue weighted by atomic mass is 10.1. The zero-order valence-electron chi connectivity index (χ0n) is 14.6. The minimum absolute atomic E-state index is 0.203. The van der Waals surface area contributed by atoms with E-state index < -0.39 is 6.04 Å². The highest BCUT2D eigenvalue weighted by Gasteiger charge is 2.26. The van der Waals surface area contributed by atoms with Crippen LogP contribution in [0.25, 0.3) is 0 Å². The van der Waals surface area contributed by atoms with E-state index in [1.54, 1.807) is 12.1 Å². The van der Waals surface area contributed by atoms with Crippen molar-refractivity contribution in [2.75, 3.05) is 18.0 Å². The third kappa shape index (κ3) is 4.03. The highest BCUT2D eigenvalue weighted by atomic mass is 79.9. The molecule has 2 aromatic carbocycles. The van der Waals surface area contributed by atoms with Crippen LogP contribution in [0.4, 0.5) is 6.01 Å². The van der Waals surface area contributed by atoms with E-state index >= 15 is 0 Å². The van der Waals surface area contributed by atoms with E-state index in [1.807, 2.05) is 42.5 Å². The van der Waals surface area contributed by atoms with Crippen molar-refractivity contribution < 1.29 is 9.21 Å². The van der Waals surface area contributed by atoms with Gasteiger partial charge in [-0.25, -0.2) is 0 Å². The van der Waals surface area contributed by atoms with Crippen LogP contribution in [0.15, 0.2) is 63.5 Å². The zero-order valence-corrected chi connectivity index (χ0v) is 16.2. The number of hydrogen-bond acceptors (Lipinski definition) is 5. The molecule has 2 heterocycles. The lowest BCUT2D eigenvalue weighted by molar-refractivity contribution is 0.0938. The standard InChI is InChI=1S/C20H19BrN4O2/c21-16-10-6-9-15(13-16)18(26)22-17(14-7-2-1-3-8-14)19-23-24-20(27-19)25-11-4-5-12-25/h1-3,6-10,13,17H,4-5,11-12H2,(H,22,26). The maximum Gasteiger partial charge on any atom is 0.318 e. The summed E-state index contributed by atoms with van der Waals surface area (Å²) >= 11 is 3.40. The molecule has 1 atom stereocenters. The summed E-state index contributed by atoms with van der Waals surface area (Å²) in [7, 11) is 0. The predicted octanol–water partition coefficient (Wildman–Crippen LogP) is 3.95. The Kier molecular flexibility index (Phi) is 5.20. The first kappa shape index (κ1) is 17.7. The maximum atomic E-state index is 12.8. The topological polar surface area (TPSA) is 71.3 Å². The predicted molar refractivity (Wildman–Crippen MR) is 106 cm³/mol. The highest BCUT2D eigenvalue weighted by Crippen LogP contribution is 2.26. The summed E-state index contributed by atoms with van der Waals surface area (Å²) in [5.41, 5.74) is 1.45. The number of nitrogens with one attached hydrogen (secondary N) is 1. The molecule has 1 aliphatic rings. The molecule has 1 unspecified atom stereocenters. The zero-order chi connectivity index (χ0) is 18.6. The fourth-order valence-corrected chi connectivity index (χ4v) is 3.56. The van der Waals surface area contributed by atoms with Crippen molar-refractivity contribution in [1.82, 2.24) is 15.5 Å². The van der Waals surface area contributed by atoms with Gasteiger partial charge in [-0.3, -0.25) is 4.79 Å². The minimum Gasteiger partial charge on any atom is -0.405 e. The Morgan fingerprint density at radius 3 is 2.59 bits per heavy atom. The number of anilines is 1. The molecule has 1 aromatic heterocycles. The number of rotatable bonds is 5. The fraction of sp³-hybridized carbons (Fsp3) is 0.250. The summed E-state index contributed by atoms with van der Waals surface area (Å²) < 4.78 is 6.77. The van der Waals surface area contributed by atoms with E-state index in [4.69, 9.17) is 4.42 Å². The highest BCUT2D eigenvalue weighted by molar-refractivity contribution is 9.10. The molecule has 7 heteroatoms. The van der Waals surface area contributed by atoms with E-state index in [0.29, 0.717) is 17.5 Å². The summed E-state index contributed by atoms with van der Waals surface area (Å²) in [5.74, 6) is 0.178. The summed E-state index contributed by atoms with van der Waals surface area (Å²) in [6.45, 7) is 1.84. The summed E-state index contributed by atoms with van der Waals surface area (Å²) in [5, 5.41) is 11.4. The van der Waals surface area contributed by atoms with Crippen LogP contribution >= 0.6 is 15.9 Å². The first-order chi connectivity index (χ1) is 13.2. The average molecular weight is 427 g/mol. The Hall–Kier alpha value is -2.67. The molecule has 0 radical (unpaired) electrons. The number of carbonyl (C=O) groups is 1. The Bertz CT molecular complexity index is 922. The number of benzene rings is 2. The molecule has 0 aliphatic carbocycles. The van der Waals surface area contributed by atoms with Gasteiger partial charge >= 0.3 is 6.01 Å². The van der Waals surface area contributed by atoms with Crippen molar-refractivity contribution in [3.05, 3.63) is 76.1 Å². The van der Waals surface area contributed by atoms with Gasteiger partial charge in [0.05, 0.1) is 0 Å². The molecule has 3 aromatic rings. The largest absolute Gasteiger partial charge is 0.405 e. The lowest BCUT2D eigenvalue weighted by Crippen LogP contribution is -2.29. The van der Waals surface area contributed by atoms with Gasteiger partial charge in [0, 0.05) is 23.1 Å². The van der Waals surface area contributed by atoms with Crippen LogP contribution in [-0.2, 0) is 0 Å². The number of halogens is 1.